The molecule has 7 heteroatoms. The number of hydrogen-bond donors (Lipinski definition) is 3. The fourth-order valence-electron chi connectivity index (χ4n) is 3.94. The highest BCUT2D eigenvalue weighted by molar-refractivity contribution is 5.81. The number of ether oxygens (including phenoxy) is 1. The van der Waals surface area contributed by atoms with Gasteiger partial charge in [-0.2, -0.15) is 0 Å². The van der Waals surface area contributed by atoms with Crippen molar-refractivity contribution >= 4 is 17.7 Å². The number of aliphatic carboxylic acids is 1. The number of carbonyl (C=O) groups is 2. The Balaban J connectivity index is 1.85. The van der Waals surface area contributed by atoms with E-state index in [0.29, 0.717) is 5.56 Å². The van der Waals surface area contributed by atoms with Crippen LogP contribution in [0.5, 0.6) is 5.75 Å². The van der Waals surface area contributed by atoms with Gasteiger partial charge in [-0.05, 0) is 63.6 Å². The summed E-state index contributed by atoms with van der Waals surface area (Å²) in [4.78, 5) is 26.0. The number of phenols is 1. The van der Waals surface area contributed by atoms with Crippen LogP contribution >= 0.6 is 0 Å². The molecule has 7 nitrogen and oxygen atoms in total. The zero-order valence-electron chi connectivity index (χ0n) is 16.2. The molecule has 1 unspecified atom stereocenters. The van der Waals surface area contributed by atoms with Crippen LogP contribution in [0.4, 0.5) is 10.5 Å². The first-order chi connectivity index (χ1) is 12.7. The largest absolute Gasteiger partial charge is 0.507 e. The molecular formula is C20H28N2O5. The number of benzene rings is 1. The fraction of sp³-hybridized carbons (Fsp3) is 0.600. The Morgan fingerprint density at radius 2 is 1.93 bits per heavy atom. The first kappa shape index (κ1) is 19.3. The first-order valence-corrected chi connectivity index (χ1v) is 9.49. The summed E-state index contributed by atoms with van der Waals surface area (Å²) >= 11 is 0. The second-order valence-corrected chi connectivity index (χ2v) is 8.31. The molecule has 2 heterocycles. The van der Waals surface area contributed by atoms with Crippen LogP contribution in [0.15, 0.2) is 6.07 Å². The predicted molar refractivity (Wildman–Crippen MR) is 101 cm³/mol. The lowest BCUT2D eigenvalue weighted by molar-refractivity contribution is -0.139. The minimum atomic E-state index is -1.17. The van der Waals surface area contributed by atoms with E-state index in [1.165, 1.54) is 0 Å². The van der Waals surface area contributed by atoms with Gasteiger partial charge in [-0.25, -0.2) is 9.59 Å². The number of aromatic hydroxyl groups is 1. The normalized spacial score (nSPS) is 17.1. The average molecular weight is 376 g/mol. The smallest absolute Gasteiger partial charge is 0.408 e. The number of nitrogens with zero attached hydrogens (tertiary/aromatic N) is 1. The number of anilines is 1. The van der Waals surface area contributed by atoms with E-state index in [1.807, 2.05) is 6.07 Å². The number of carboxylic acid groups (broad SMARTS) is 1. The molecule has 1 aromatic carbocycles. The second kappa shape index (κ2) is 7.29. The van der Waals surface area contributed by atoms with Crippen molar-refractivity contribution in [2.24, 2.45) is 0 Å². The summed E-state index contributed by atoms with van der Waals surface area (Å²) in [5.74, 6) is -0.995. The molecule has 0 radical (unpaired) electrons. The maximum atomic E-state index is 12.0. The first-order valence-electron chi connectivity index (χ1n) is 9.49. The summed E-state index contributed by atoms with van der Waals surface area (Å²) in [6.07, 6.45) is 2.97. The molecular weight excluding hydrogens is 348 g/mol. The molecule has 0 aliphatic carbocycles. The number of rotatable bonds is 4. The Morgan fingerprint density at radius 3 is 2.56 bits per heavy atom. The van der Waals surface area contributed by atoms with E-state index in [2.05, 4.69) is 10.2 Å². The van der Waals surface area contributed by atoms with Crippen LogP contribution in [0.2, 0.25) is 0 Å². The summed E-state index contributed by atoms with van der Waals surface area (Å²) < 4.78 is 5.16. The highest BCUT2D eigenvalue weighted by Gasteiger charge is 2.30. The monoisotopic (exact) mass is 376 g/mol. The molecule has 0 spiro atoms. The molecule has 1 atom stereocenters. The number of hydrogen-bond acceptors (Lipinski definition) is 5. The number of aryl methyl sites for hydroxylation is 1. The molecule has 0 fully saturated rings. The molecule has 0 bridgehead atoms. The van der Waals surface area contributed by atoms with E-state index >= 15 is 0 Å². The van der Waals surface area contributed by atoms with Gasteiger partial charge in [0.15, 0.2) is 0 Å². The maximum absolute atomic E-state index is 12.0. The van der Waals surface area contributed by atoms with E-state index in [0.717, 1.165) is 55.6 Å². The van der Waals surface area contributed by atoms with Crippen molar-refractivity contribution < 1.29 is 24.5 Å². The van der Waals surface area contributed by atoms with E-state index in [4.69, 9.17) is 4.74 Å². The molecule has 3 N–H and O–H groups in total. The van der Waals surface area contributed by atoms with Gasteiger partial charge in [0, 0.05) is 30.8 Å². The summed E-state index contributed by atoms with van der Waals surface area (Å²) in [5.41, 5.74) is 3.05. The number of phenolic OH excluding ortho intramolecular Hbond substituents is 1. The highest BCUT2D eigenvalue weighted by atomic mass is 16.6. The third kappa shape index (κ3) is 4.28. The molecule has 1 amide bonds. The molecule has 1 aromatic rings. The van der Waals surface area contributed by atoms with Crippen molar-refractivity contribution in [2.75, 3.05) is 18.0 Å². The molecule has 0 aromatic heterocycles. The Labute approximate surface area is 159 Å². The molecule has 148 valence electrons. The van der Waals surface area contributed by atoms with Crippen LogP contribution < -0.4 is 10.2 Å². The topological polar surface area (TPSA) is 99.1 Å². The van der Waals surface area contributed by atoms with Gasteiger partial charge in [0.1, 0.15) is 17.4 Å². The predicted octanol–water partition coefficient (Wildman–Crippen LogP) is 2.61. The van der Waals surface area contributed by atoms with Crippen LogP contribution in [0.3, 0.4) is 0 Å². The van der Waals surface area contributed by atoms with Crippen molar-refractivity contribution in [1.82, 2.24) is 5.32 Å². The summed E-state index contributed by atoms with van der Waals surface area (Å²) in [5, 5.41) is 22.7. The van der Waals surface area contributed by atoms with E-state index in [9.17, 15) is 19.8 Å². The number of amides is 1. The van der Waals surface area contributed by atoms with E-state index < -0.39 is 23.7 Å². The minimum absolute atomic E-state index is 0.0146. The lowest BCUT2D eigenvalue weighted by Gasteiger charge is -2.37. The fourth-order valence-corrected chi connectivity index (χ4v) is 3.94. The Hall–Kier alpha value is -2.44. The summed E-state index contributed by atoms with van der Waals surface area (Å²) in [7, 11) is 0. The van der Waals surface area contributed by atoms with Crippen LogP contribution in [-0.2, 0) is 28.8 Å². The lowest BCUT2D eigenvalue weighted by atomic mass is 9.87. The van der Waals surface area contributed by atoms with Gasteiger partial charge in [0.25, 0.3) is 0 Å². The zero-order chi connectivity index (χ0) is 19.8. The Bertz CT molecular complexity index is 752. The maximum Gasteiger partial charge on any atom is 0.408 e. The van der Waals surface area contributed by atoms with Gasteiger partial charge in [-0.15, -0.1) is 0 Å². The third-order valence-corrected chi connectivity index (χ3v) is 4.99. The molecule has 27 heavy (non-hydrogen) atoms. The Kier molecular flexibility index (Phi) is 5.22. The quantitative estimate of drug-likeness (QED) is 0.747. The van der Waals surface area contributed by atoms with Crippen LogP contribution in [0.1, 0.15) is 50.3 Å². The third-order valence-electron chi connectivity index (χ3n) is 4.99. The molecule has 2 aliphatic heterocycles. The number of alkyl carbamates (subject to hydrolysis) is 1. The van der Waals surface area contributed by atoms with Gasteiger partial charge in [-0.3, -0.25) is 0 Å². The molecule has 0 saturated heterocycles. The van der Waals surface area contributed by atoms with Crippen molar-refractivity contribution in [3.8, 4) is 5.75 Å². The standard InChI is InChI=1S/C20H28N2O5/c1-20(2,3)27-19(26)21-15(18(24)25)11-13-10-12-6-4-8-22-9-5-7-14(16(12)22)17(13)23/h10,15,23H,4-9,11H2,1-3H3,(H,21,26)(H,24,25). The Morgan fingerprint density at radius 1 is 1.26 bits per heavy atom. The second-order valence-electron chi connectivity index (χ2n) is 8.31. The van der Waals surface area contributed by atoms with Crippen LogP contribution in [0.25, 0.3) is 0 Å². The van der Waals surface area contributed by atoms with Crippen molar-refractivity contribution in [3.05, 3.63) is 22.8 Å². The van der Waals surface area contributed by atoms with Gasteiger partial charge in [0.05, 0.1) is 0 Å². The number of nitrogens with one attached hydrogen (secondary N) is 1. The SMILES string of the molecule is CC(C)(C)OC(=O)NC(Cc1cc2c3c(c1O)CCCN3CCC2)C(=O)O. The van der Waals surface area contributed by atoms with Crippen molar-refractivity contribution in [1.29, 1.82) is 0 Å². The van der Waals surface area contributed by atoms with Gasteiger partial charge in [0.2, 0.25) is 0 Å². The summed E-state index contributed by atoms with van der Waals surface area (Å²) in [6.45, 7) is 7.14. The van der Waals surface area contributed by atoms with E-state index in [1.54, 1.807) is 20.8 Å². The minimum Gasteiger partial charge on any atom is -0.507 e. The number of carbonyl (C=O) groups excluding carboxylic acids is 1. The lowest BCUT2D eigenvalue weighted by Crippen LogP contribution is -2.44. The zero-order valence-corrected chi connectivity index (χ0v) is 16.2. The molecule has 0 saturated carbocycles. The van der Waals surface area contributed by atoms with Gasteiger partial charge in [-0.1, -0.05) is 0 Å². The van der Waals surface area contributed by atoms with Gasteiger partial charge >= 0.3 is 12.1 Å². The van der Waals surface area contributed by atoms with Crippen LogP contribution in [-0.4, -0.2) is 47.0 Å². The van der Waals surface area contributed by atoms with Crippen molar-refractivity contribution in [2.45, 2.75) is 64.5 Å². The summed E-state index contributed by atoms with van der Waals surface area (Å²) in [6, 6.07) is 0.734. The average Bonchev–Trinajstić information content (AvgIpc) is 2.57. The van der Waals surface area contributed by atoms with Crippen molar-refractivity contribution in [3.63, 3.8) is 0 Å². The van der Waals surface area contributed by atoms with Gasteiger partial charge < -0.3 is 25.2 Å². The molecule has 3 rings (SSSR count). The highest BCUT2D eigenvalue weighted by Crippen LogP contribution is 2.42. The van der Waals surface area contributed by atoms with E-state index in [-0.39, 0.29) is 12.2 Å². The van der Waals surface area contributed by atoms with Crippen LogP contribution in [0, 0.1) is 0 Å². The number of carboxylic acids is 1. The molecule has 2 aliphatic rings.